The van der Waals surface area contributed by atoms with Crippen LogP contribution >= 0.6 is 0 Å². The topological polar surface area (TPSA) is 152 Å². The highest BCUT2D eigenvalue weighted by Crippen LogP contribution is 2.57. The van der Waals surface area contributed by atoms with Crippen molar-refractivity contribution in [3.63, 3.8) is 0 Å². The molecule has 0 spiro atoms. The highest BCUT2D eigenvalue weighted by molar-refractivity contribution is 6.08. The average molecular weight is 556 g/mol. The Labute approximate surface area is 222 Å². The van der Waals surface area contributed by atoms with Gasteiger partial charge in [0, 0.05) is 17.8 Å². The van der Waals surface area contributed by atoms with E-state index in [0.717, 1.165) is 12.1 Å². The minimum Gasteiger partial charge on any atom is -0.478 e. The number of nitrogens with zero attached hydrogens (tertiary/aromatic N) is 3. The van der Waals surface area contributed by atoms with Crippen LogP contribution in [0.25, 0.3) is 11.0 Å². The molecule has 0 saturated heterocycles. The van der Waals surface area contributed by atoms with E-state index < -0.39 is 46.8 Å². The van der Waals surface area contributed by atoms with Crippen LogP contribution in [0.4, 0.5) is 28.9 Å². The Morgan fingerprint density at radius 1 is 1.10 bits per heavy atom. The summed E-state index contributed by atoms with van der Waals surface area (Å²) in [6.45, 7) is -0.0993. The molecule has 1 aliphatic carbocycles. The van der Waals surface area contributed by atoms with Crippen LogP contribution in [-0.2, 0) is 22.3 Å². The third-order valence-electron chi connectivity index (χ3n) is 6.73. The zero-order valence-corrected chi connectivity index (χ0v) is 20.4. The summed E-state index contributed by atoms with van der Waals surface area (Å²) >= 11 is 0. The van der Waals surface area contributed by atoms with Crippen molar-refractivity contribution in [3.8, 4) is 0 Å². The van der Waals surface area contributed by atoms with Crippen molar-refractivity contribution in [2.24, 2.45) is 11.1 Å². The van der Waals surface area contributed by atoms with Gasteiger partial charge in [0.1, 0.15) is 16.9 Å². The summed E-state index contributed by atoms with van der Waals surface area (Å²) in [6.07, 6.45) is -0.637. The van der Waals surface area contributed by atoms with Crippen molar-refractivity contribution in [3.05, 3.63) is 83.7 Å². The van der Waals surface area contributed by atoms with Gasteiger partial charge in [-0.1, -0.05) is 0 Å². The van der Waals surface area contributed by atoms with Gasteiger partial charge in [0.15, 0.2) is 0 Å². The van der Waals surface area contributed by atoms with E-state index in [-0.39, 0.29) is 29.9 Å². The van der Waals surface area contributed by atoms with Crippen LogP contribution in [0.5, 0.6) is 0 Å². The first-order valence-corrected chi connectivity index (χ1v) is 11.8. The Hall–Kier alpha value is -5.01. The summed E-state index contributed by atoms with van der Waals surface area (Å²) in [6, 6.07) is 7.57. The van der Waals surface area contributed by atoms with Crippen molar-refractivity contribution in [2.45, 2.75) is 25.2 Å². The maximum atomic E-state index is 13.3. The SMILES string of the molecule is NC(=O)C1(C(=O)NCc2ccc(Nc3ccc(F)cc3C(F)(F)F)cn2)CC1n1ccc2cc(C(=O)O)cnc21. The van der Waals surface area contributed by atoms with Crippen LogP contribution in [0, 0.1) is 11.2 Å². The van der Waals surface area contributed by atoms with Crippen LogP contribution in [-0.4, -0.2) is 37.4 Å². The van der Waals surface area contributed by atoms with Crippen LogP contribution in [0.2, 0.25) is 0 Å². The van der Waals surface area contributed by atoms with Crippen molar-refractivity contribution < 1.29 is 37.1 Å². The largest absolute Gasteiger partial charge is 0.478 e. The number of hydrogen-bond donors (Lipinski definition) is 4. The molecule has 1 aliphatic rings. The molecule has 40 heavy (non-hydrogen) atoms. The second kappa shape index (κ2) is 9.63. The fourth-order valence-electron chi connectivity index (χ4n) is 4.56. The molecular formula is C26H20F4N6O4. The fraction of sp³-hybridized carbons (Fsp3) is 0.192. The van der Waals surface area contributed by atoms with Gasteiger partial charge in [0.25, 0.3) is 0 Å². The summed E-state index contributed by atoms with van der Waals surface area (Å²) in [4.78, 5) is 45.0. The number of nitrogens with one attached hydrogen (secondary N) is 2. The lowest BCUT2D eigenvalue weighted by atomic mass is 10.0. The van der Waals surface area contributed by atoms with Crippen molar-refractivity contribution in [1.82, 2.24) is 19.9 Å². The molecule has 4 aromatic rings. The molecule has 1 aromatic carbocycles. The van der Waals surface area contributed by atoms with Crippen LogP contribution in [0.15, 0.2) is 61.1 Å². The van der Waals surface area contributed by atoms with Crippen LogP contribution in [0.1, 0.15) is 34.1 Å². The number of amides is 2. The number of aromatic carboxylic acids is 1. The second-order valence-electron chi connectivity index (χ2n) is 9.25. The molecular weight excluding hydrogens is 536 g/mol. The number of carboxylic acid groups (broad SMARTS) is 1. The Bertz CT molecular complexity index is 1650. The fourth-order valence-corrected chi connectivity index (χ4v) is 4.56. The minimum atomic E-state index is -4.77. The summed E-state index contributed by atoms with van der Waals surface area (Å²) in [7, 11) is 0. The van der Waals surface area contributed by atoms with E-state index in [0.29, 0.717) is 22.8 Å². The lowest BCUT2D eigenvalue weighted by Crippen LogP contribution is -2.42. The molecule has 0 bridgehead atoms. The summed E-state index contributed by atoms with van der Waals surface area (Å²) in [5.41, 5.74) is 3.46. The smallest absolute Gasteiger partial charge is 0.418 e. The molecule has 3 aromatic heterocycles. The quantitative estimate of drug-likeness (QED) is 0.190. The van der Waals surface area contributed by atoms with E-state index in [4.69, 9.17) is 10.8 Å². The average Bonchev–Trinajstić information content (AvgIpc) is 3.53. The number of hydrogen-bond acceptors (Lipinski definition) is 6. The summed E-state index contributed by atoms with van der Waals surface area (Å²) in [5.74, 6) is -3.65. The van der Waals surface area contributed by atoms with Crippen LogP contribution in [0.3, 0.4) is 0 Å². The lowest BCUT2D eigenvalue weighted by molar-refractivity contribution is -0.137. The molecule has 14 heteroatoms. The number of primary amides is 1. The zero-order valence-electron chi connectivity index (χ0n) is 20.4. The molecule has 1 fully saturated rings. The molecule has 10 nitrogen and oxygen atoms in total. The first kappa shape index (κ1) is 26.6. The molecule has 5 N–H and O–H groups in total. The number of alkyl halides is 3. The van der Waals surface area contributed by atoms with Crippen molar-refractivity contribution in [2.75, 3.05) is 5.32 Å². The third kappa shape index (κ3) is 4.79. The van der Waals surface area contributed by atoms with E-state index in [1.807, 2.05) is 0 Å². The molecule has 2 unspecified atom stereocenters. The van der Waals surface area contributed by atoms with Crippen molar-refractivity contribution in [1.29, 1.82) is 0 Å². The van der Waals surface area contributed by atoms with Gasteiger partial charge in [-0.05, 0) is 48.9 Å². The van der Waals surface area contributed by atoms with Gasteiger partial charge in [-0.25, -0.2) is 14.2 Å². The Kier molecular flexibility index (Phi) is 6.40. The first-order valence-electron chi connectivity index (χ1n) is 11.8. The Balaban J connectivity index is 1.27. The van der Waals surface area contributed by atoms with Crippen LogP contribution < -0.4 is 16.4 Å². The molecule has 5 rings (SSSR count). The molecule has 2 amide bonds. The predicted molar refractivity (Wildman–Crippen MR) is 133 cm³/mol. The maximum Gasteiger partial charge on any atom is 0.418 e. The number of nitrogens with two attached hydrogens (primary N) is 1. The van der Waals surface area contributed by atoms with Gasteiger partial charge in [0.2, 0.25) is 11.8 Å². The Morgan fingerprint density at radius 3 is 2.52 bits per heavy atom. The lowest BCUT2D eigenvalue weighted by Gasteiger charge is -2.16. The predicted octanol–water partition coefficient (Wildman–Crippen LogP) is 3.76. The van der Waals surface area contributed by atoms with E-state index >= 15 is 0 Å². The number of carboxylic acids is 1. The number of halogens is 4. The number of carbonyl (C=O) groups is 3. The molecule has 3 heterocycles. The highest BCUT2D eigenvalue weighted by atomic mass is 19.4. The number of carbonyl (C=O) groups excluding carboxylic acids is 2. The minimum absolute atomic E-state index is 0.00729. The number of rotatable bonds is 8. The standard InChI is InChI=1S/C26H20F4N6O4/c27-15-1-4-19(18(8-15)26(28,29)30)35-17-3-2-16(32-12-17)11-34-24(40)25(23(31)39)9-20(25)36-6-5-13-7-14(22(37)38)10-33-21(13)36/h1-8,10,12,20,35H,9,11H2,(H2,31,39)(H,34,40)(H,37,38). The zero-order chi connectivity index (χ0) is 28.8. The van der Waals surface area contributed by atoms with Gasteiger partial charge in [0.05, 0.1) is 47.0 Å². The summed E-state index contributed by atoms with van der Waals surface area (Å²) in [5, 5.41) is 14.9. The number of fused-ring (bicyclic) bond motifs is 1. The van der Waals surface area contributed by atoms with Gasteiger partial charge in [-0.2, -0.15) is 13.2 Å². The van der Waals surface area contributed by atoms with Gasteiger partial charge >= 0.3 is 12.1 Å². The second-order valence-corrected chi connectivity index (χ2v) is 9.25. The summed E-state index contributed by atoms with van der Waals surface area (Å²) < 4.78 is 54.7. The molecule has 206 valence electrons. The van der Waals surface area contributed by atoms with E-state index in [1.165, 1.54) is 30.6 Å². The maximum absolute atomic E-state index is 13.3. The van der Waals surface area contributed by atoms with Gasteiger partial charge < -0.3 is 26.0 Å². The van der Waals surface area contributed by atoms with Crippen molar-refractivity contribution >= 4 is 40.2 Å². The van der Waals surface area contributed by atoms with Gasteiger partial charge in [-0.15, -0.1) is 0 Å². The third-order valence-corrected chi connectivity index (χ3v) is 6.73. The molecule has 2 atom stereocenters. The first-order chi connectivity index (χ1) is 18.9. The molecule has 0 radical (unpaired) electrons. The highest BCUT2D eigenvalue weighted by Gasteiger charge is 2.66. The normalized spacial score (nSPS) is 18.4. The van der Waals surface area contributed by atoms with E-state index in [2.05, 4.69) is 20.6 Å². The number of anilines is 2. The van der Waals surface area contributed by atoms with E-state index in [9.17, 15) is 31.9 Å². The molecule has 0 aliphatic heterocycles. The Morgan fingerprint density at radius 2 is 1.88 bits per heavy atom. The van der Waals surface area contributed by atoms with E-state index in [1.54, 1.807) is 16.8 Å². The monoisotopic (exact) mass is 556 g/mol. The number of benzene rings is 1. The van der Waals surface area contributed by atoms with Gasteiger partial charge in [-0.3, -0.25) is 14.6 Å². The number of pyridine rings is 2. The number of aromatic nitrogens is 3. The molecule has 1 saturated carbocycles.